The van der Waals surface area contributed by atoms with Crippen molar-refractivity contribution in [3.05, 3.63) is 142 Å². The Morgan fingerprint density at radius 2 is 1.80 bits per heavy atom. The third kappa shape index (κ3) is 5.22. The zero-order chi connectivity index (χ0) is 28.6. The molecule has 2 aromatic carbocycles. The second-order valence-electron chi connectivity index (χ2n) is 12.4. The second-order valence-corrected chi connectivity index (χ2v) is 12.4. The van der Waals surface area contributed by atoms with Gasteiger partial charge in [0.2, 0.25) is 0 Å². The van der Waals surface area contributed by atoms with Crippen molar-refractivity contribution in [1.29, 1.82) is 0 Å². The molecule has 40 heavy (non-hydrogen) atoms. The topological polar surface area (TPSA) is 0 Å². The molecule has 1 saturated carbocycles. The average Bonchev–Trinajstić information content (AvgIpc) is 3.52. The minimum Gasteiger partial charge on any atom is -0.0995 e. The Kier molecular flexibility index (Phi) is 8.18. The van der Waals surface area contributed by atoms with Crippen molar-refractivity contribution in [3.8, 4) is 0 Å². The van der Waals surface area contributed by atoms with Crippen molar-refractivity contribution < 1.29 is 0 Å². The molecule has 206 valence electrons. The summed E-state index contributed by atoms with van der Waals surface area (Å²) in [5, 5.41) is 0. The summed E-state index contributed by atoms with van der Waals surface area (Å²) in [6, 6.07) is 15.9. The van der Waals surface area contributed by atoms with E-state index >= 15 is 0 Å². The molecule has 3 aliphatic rings. The smallest absolute Gasteiger partial charge is 0.0123 e. The van der Waals surface area contributed by atoms with E-state index in [9.17, 15) is 0 Å². The highest BCUT2D eigenvalue weighted by molar-refractivity contribution is 5.78. The summed E-state index contributed by atoms with van der Waals surface area (Å²) in [5.41, 5.74) is 16.5. The first-order chi connectivity index (χ1) is 19.2. The summed E-state index contributed by atoms with van der Waals surface area (Å²) in [6.45, 7) is 24.9. The van der Waals surface area contributed by atoms with E-state index in [-0.39, 0.29) is 0 Å². The zero-order valence-corrected chi connectivity index (χ0v) is 25.3. The third-order valence-corrected chi connectivity index (χ3v) is 9.54. The molecule has 2 aromatic rings. The summed E-state index contributed by atoms with van der Waals surface area (Å²) in [7, 11) is 0. The maximum atomic E-state index is 4.79. The summed E-state index contributed by atoms with van der Waals surface area (Å²) >= 11 is 0. The van der Waals surface area contributed by atoms with Crippen molar-refractivity contribution in [1.82, 2.24) is 0 Å². The monoisotopic (exact) mass is 526 g/mol. The van der Waals surface area contributed by atoms with Crippen LogP contribution in [0, 0.1) is 24.7 Å². The first-order valence-corrected chi connectivity index (χ1v) is 15.3. The first kappa shape index (κ1) is 28.2. The molecule has 0 nitrogen and oxygen atoms in total. The lowest BCUT2D eigenvalue weighted by Crippen LogP contribution is -2.32. The van der Waals surface area contributed by atoms with Crippen LogP contribution in [0.3, 0.4) is 0 Å². The van der Waals surface area contributed by atoms with Crippen LogP contribution in [0.4, 0.5) is 0 Å². The first-order valence-electron chi connectivity index (χ1n) is 15.3. The van der Waals surface area contributed by atoms with Crippen molar-refractivity contribution in [3.63, 3.8) is 0 Å². The highest BCUT2D eigenvalue weighted by Crippen LogP contribution is 2.57. The zero-order valence-electron chi connectivity index (χ0n) is 25.3. The van der Waals surface area contributed by atoms with Gasteiger partial charge in [-0.05, 0) is 108 Å². The summed E-state index contributed by atoms with van der Waals surface area (Å²) in [6.07, 6.45) is 14.9. The van der Waals surface area contributed by atoms with Crippen LogP contribution in [0.5, 0.6) is 0 Å². The van der Waals surface area contributed by atoms with Gasteiger partial charge in [0.05, 0.1) is 0 Å². The van der Waals surface area contributed by atoms with Crippen LogP contribution >= 0.6 is 0 Å². The van der Waals surface area contributed by atoms with Gasteiger partial charge in [0.25, 0.3) is 0 Å². The van der Waals surface area contributed by atoms with Gasteiger partial charge in [0, 0.05) is 11.8 Å². The molecule has 5 rings (SSSR count). The maximum Gasteiger partial charge on any atom is 0.0123 e. The number of hydrogen-bond donors (Lipinski definition) is 0. The van der Waals surface area contributed by atoms with Crippen LogP contribution in [-0.2, 0) is 6.42 Å². The Morgan fingerprint density at radius 1 is 1.02 bits per heavy atom. The Morgan fingerprint density at radius 3 is 2.52 bits per heavy atom. The Labute approximate surface area is 243 Å². The van der Waals surface area contributed by atoms with Gasteiger partial charge in [-0.2, -0.15) is 0 Å². The fourth-order valence-electron chi connectivity index (χ4n) is 7.55. The SMILES string of the molecule is C=C(C)c1ccc(C)c(C2=CC=C(/C=C3/CC4=CC(C)C(C(=C)CCC)C(c5ccccc5CC)C4C3=C)C2)c1. The van der Waals surface area contributed by atoms with Gasteiger partial charge in [0.1, 0.15) is 0 Å². The molecule has 0 saturated heterocycles. The van der Waals surface area contributed by atoms with Crippen LogP contribution in [0.25, 0.3) is 11.1 Å². The number of rotatable bonds is 8. The molecule has 1 fully saturated rings. The summed E-state index contributed by atoms with van der Waals surface area (Å²) in [5.74, 6) is 1.69. The van der Waals surface area contributed by atoms with Gasteiger partial charge in [-0.3, -0.25) is 0 Å². The van der Waals surface area contributed by atoms with Crippen LogP contribution in [0.1, 0.15) is 87.1 Å². The van der Waals surface area contributed by atoms with Crippen molar-refractivity contribution >= 4 is 11.1 Å². The van der Waals surface area contributed by atoms with Gasteiger partial charge >= 0.3 is 0 Å². The normalized spacial score (nSPS) is 25.0. The Bertz CT molecular complexity index is 1480. The highest BCUT2D eigenvalue weighted by Gasteiger charge is 2.45. The average molecular weight is 527 g/mol. The van der Waals surface area contributed by atoms with Crippen LogP contribution < -0.4 is 0 Å². The standard InChI is InChI=1S/C40H46/c1-9-13-27(6)38-28(7)20-35-23-34(29(8)39(35)40(38)36-15-12-11-14-31(36)10-2)22-30-17-19-33(21-30)37-24-32(25(3)4)18-16-26(37)5/h11-12,14-20,22,24,28,38-40H,3,6,8-10,13,21,23H2,1-2,4-5,7H3/b34-22-. The van der Waals surface area contributed by atoms with Crippen molar-refractivity contribution in [2.24, 2.45) is 17.8 Å². The number of fused-ring (bicyclic) bond motifs is 1. The quantitative estimate of drug-likeness (QED) is 0.300. The molecule has 0 spiro atoms. The van der Waals surface area contributed by atoms with E-state index in [0.717, 1.165) is 37.7 Å². The molecule has 0 amide bonds. The third-order valence-electron chi connectivity index (χ3n) is 9.54. The molecule has 0 aromatic heterocycles. The minimum absolute atomic E-state index is 0.359. The van der Waals surface area contributed by atoms with E-state index in [1.54, 1.807) is 5.57 Å². The van der Waals surface area contributed by atoms with Crippen molar-refractivity contribution in [2.45, 2.75) is 72.6 Å². The Hall–Kier alpha value is -3.38. The highest BCUT2D eigenvalue weighted by atomic mass is 14.5. The van der Waals surface area contributed by atoms with Crippen molar-refractivity contribution in [2.75, 3.05) is 0 Å². The minimum atomic E-state index is 0.359. The molecular formula is C40H46. The van der Waals surface area contributed by atoms with E-state index in [0.29, 0.717) is 23.7 Å². The number of aryl methyl sites for hydroxylation is 2. The maximum absolute atomic E-state index is 4.79. The van der Waals surface area contributed by atoms with E-state index < -0.39 is 0 Å². The molecular weight excluding hydrogens is 480 g/mol. The van der Waals surface area contributed by atoms with Gasteiger partial charge in [-0.25, -0.2) is 0 Å². The predicted molar refractivity (Wildman–Crippen MR) is 175 cm³/mol. The summed E-state index contributed by atoms with van der Waals surface area (Å²) in [4.78, 5) is 0. The largest absolute Gasteiger partial charge is 0.0995 e. The number of allylic oxidation sites excluding steroid dienone is 11. The fraction of sp³-hybridized carbons (Fsp3) is 0.350. The lowest BCUT2D eigenvalue weighted by Gasteiger charge is -2.42. The number of benzene rings is 2. The number of hydrogen-bond acceptors (Lipinski definition) is 0. The van der Waals surface area contributed by atoms with Crippen LogP contribution in [0.15, 0.2) is 114 Å². The molecule has 0 heteroatoms. The predicted octanol–water partition coefficient (Wildman–Crippen LogP) is 11.1. The fourth-order valence-corrected chi connectivity index (χ4v) is 7.55. The van der Waals surface area contributed by atoms with Gasteiger partial charge in [0.15, 0.2) is 0 Å². The van der Waals surface area contributed by atoms with E-state index in [4.69, 9.17) is 6.58 Å². The molecule has 0 radical (unpaired) electrons. The molecule has 4 unspecified atom stereocenters. The van der Waals surface area contributed by atoms with Gasteiger partial charge in [-0.1, -0.05) is 124 Å². The van der Waals surface area contributed by atoms with E-state index in [2.05, 4.69) is 115 Å². The molecule has 0 aliphatic heterocycles. The molecule has 3 aliphatic carbocycles. The molecule has 0 bridgehead atoms. The van der Waals surface area contributed by atoms with Crippen LogP contribution in [0.2, 0.25) is 0 Å². The second kappa shape index (κ2) is 11.6. The molecule has 0 heterocycles. The van der Waals surface area contributed by atoms with E-state index in [1.165, 1.54) is 55.7 Å². The Balaban J connectivity index is 1.46. The molecule has 0 N–H and O–H groups in total. The summed E-state index contributed by atoms with van der Waals surface area (Å²) < 4.78 is 0. The van der Waals surface area contributed by atoms with Gasteiger partial charge < -0.3 is 0 Å². The van der Waals surface area contributed by atoms with Crippen LogP contribution in [-0.4, -0.2) is 0 Å². The van der Waals surface area contributed by atoms with Gasteiger partial charge in [-0.15, -0.1) is 0 Å². The lowest BCUT2D eigenvalue weighted by atomic mass is 9.61. The van der Waals surface area contributed by atoms with E-state index in [1.807, 2.05) is 0 Å². The lowest BCUT2D eigenvalue weighted by molar-refractivity contribution is 0.321. The molecule has 4 atom stereocenters.